The Morgan fingerprint density at radius 2 is 1.94 bits per heavy atom. The van der Waals surface area contributed by atoms with Gasteiger partial charge in [0.25, 0.3) is 0 Å². The van der Waals surface area contributed by atoms with Crippen molar-refractivity contribution >= 4 is 16.7 Å². The Kier molecular flexibility index (Phi) is 5.13. The predicted molar refractivity (Wildman–Crippen MR) is 117 cm³/mol. The highest BCUT2D eigenvalue weighted by molar-refractivity contribution is 5.95. The van der Waals surface area contributed by atoms with E-state index in [0.717, 1.165) is 59.6 Å². The van der Waals surface area contributed by atoms with Crippen LogP contribution in [-0.4, -0.2) is 50.7 Å². The quantitative estimate of drug-likeness (QED) is 0.484. The van der Waals surface area contributed by atoms with E-state index >= 15 is 0 Å². The third-order valence-electron chi connectivity index (χ3n) is 6.05. The number of pyridine rings is 1. The third kappa shape index (κ3) is 3.84. The maximum atomic E-state index is 12.8. The van der Waals surface area contributed by atoms with Gasteiger partial charge in [-0.1, -0.05) is 18.2 Å². The lowest BCUT2D eigenvalue weighted by molar-refractivity contribution is -0.137. The van der Waals surface area contributed by atoms with Crippen LogP contribution >= 0.6 is 0 Å². The van der Waals surface area contributed by atoms with Crippen molar-refractivity contribution < 1.29 is 13.2 Å². The lowest BCUT2D eigenvalue weighted by Gasteiger charge is -2.40. The first-order chi connectivity index (χ1) is 15.4. The van der Waals surface area contributed by atoms with Crippen LogP contribution in [0.2, 0.25) is 0 Å². The van der Waals surface area contributed by atoms with Crippen LogP contribution < -0.4 is 4.90 Å². The minimum atomic E-state index is -4.37. The molecule has 6 nitrogen and oxygen atoms in total. The molecule has 0 aliphatic carbocycles. The van der Waals surface area contributed by atoms with Crippen molar-refractivity contribution in [1.82, 2.24) is 25.1 Å². The first-order valence-electron chi connectivity index (χ1n) is 10.5. The third-order valence-corrected chi connectivity index (χ3v) is 6.05. The highest BCUT2D eigenvalue weighted by atomic mass is 19.4. The topological polar surface area (TPSA) is 63.8 Å². The van der Waals surface area contributed by atoms with Gasteiger partial charge in [-0.25, -0.2) is 4.98 Å². The van der Waals surface area contributed by atoms with Crippen LogP contribution in [-0.2, 0) is 12.7 Å². The maximum Gasteiger partial charge on any atom is 0.417 e. The molecule has 0 radical (unpaired) electrons. The normalized spacial score (nSPS) is 17.9. The number of para-hydroxylation sites is 1. The summed E-state index contributed by atoms with van der Waals surface area (Å²) in [6.07, 6.45) is 0.403. The minimum absolute atomic E-state index is 0.122. The monoisotopic (exact) mass is 440 g/mol. The molecule has 1 aromatic carbocycles. The fourth-order valence-corrected chi connectivity index (χ4v) is 4.42. The number of nitrogens with zero attached hydrogens (tertiary/aromatic N) is 4. The zero-order valence-corrected chi connectivity index (χ0v) is 17.5. The van der Waals surface area contributed by atoms with Gasteiger partial charge in [0.05, 0.1) is 17.5 Å². The first kappa shape index (κ1) is 20.6. The molecule has 0 saturated carbocycles. The van der Waals surface area contributed by atoms with E-state index in [1.165, 1.54) is 6.07 Å². The Labute approximate surface area is 183 Å². The Morgan fingerprint density at radius 3 is 2.69 bits per heavy atom. The van der Waals surface area contributed by atoms with Gasteiger partial charge in [-0.05, 0) is 25.1 Å². The van der Waals surface area contributed by atoms with Gasteiger partial charge >= 0.3 is 6.18 Å². The number of anilines is 1. The summed E-state index contributed by atoms with van der Waals surface area (Å²) in [5, 5.41) is 8.57. The molecule has 166 valence electrons. The molecular formula is C23H23F3N6. The molecule has 2 N–H and O–H groups in total. The van der Waals surface area contributed by atoms with E-state index in [0.29, 0.717) is 12.4 Å². The average Bonchev–Trinajstić information content (AvgIpc) is 3.40. The fraction of sp³-hybridized carbons (Fsp3) is 0.304. The number of halogens is 3. The summed E-state index contributed by atoms with van der Waals surface area (Å²) in [7, 11) is 0. The summed E-state index contributed by atoms with van der Waals surface area (Å²) < 4.78 is 38.5. The van der Waals surface area contributed by atoms with E-state index in [1.54, 1.807) is 0 Å². The molecule has 1 fully saturated rings. The summed E-state index contributed by atoms with van der Waals surface area (Å²) in [4.78, 5) is 11.8. The molecule has 0 spiro atoms. The van der Waals surface area contributed by atoms with Crippen LogP contribution in [0.25, 0.3) is 22.2 Å². The SMILES string of the molecule is CC1CN(Cc2cn[nH]c2-c2c[nH]c3ccccc23)CCN1c1ccc(C(F)(F)F)cn1. The minimum Gasteiger partial charge on any atom is -0.360 e. The lowest BCUT2D eigenvalue weighted by atomic mass is 10.1. The molecule has 4 heterocycles. The van der Waals surface area contributed by atoms with Crippen LogP contribution in [0.15, 0.2) is 55.0 Å². The molecule has 1 atom stereocenters. The van der Waals surface area contributed by atoms with Crippen molar-refractivity contribution in [3.8, 4) is 11.3 Å². The molecule has 1 aliphatic rings. The van der Waals surface area contributed by atoms with Crippen LogP contribution in [0.3, 0.4) is 0 Å². The summed E-state index contributed by atoms with van der Waals surface area (Å²) in [6, 6.07) is 10.8. The summed E-state index contributed by atoms with van der Waals surface area (Å²) >= 11 is 0. The Bertz CT molecular complexity index is 1210. The standard InChI is InChI=1S/C23H23F3N6/c1-15-13-31(8-9-32(15)21-7-6-17(11-28-21)23(24,25)26)14-16-10-29-30-22(16)19-12-27-20-5-3-2-4-18(19)20/h2-7,10-12,15,27H,8-9,13-14H2,1H3,(H,29,30). The lowest BCUT2D eigenvalue weighted by Crippen LogP contribution is -2.51. The molecule has 1 saturated heterocycles. The first-order valence-corrected chi connectivity index (χ1v) is 10.5. The molecule has 1 aliphatic heterocycles. The summed E-state index contributed by atoms with van der Waals surface area (Å²) in [5.41, 5.74) is 3.56. The number of rotatable bonds is 4. The number of alkyl halides is 3. The Morgan fingerprint density at radius 1 is 1.09 bits per heavy atom. The van der Waals surface area contributed by atoms with E-state index in [4.69, 9.17) is 0 Å². The second-order valence-corrected chi connectivity index (χ2v) is 8.20. The number of hydrogen-bond acceptors (Lipinski definition) is 4. The molecular weight excluding hydrogens is 417 g/mol. The van der Waals surface area contributed by atoms with Gasteiger partial charge in [-0.15, -0.1) is 0 Å². The van der Waals surface area contributed by atoms with Crippen LogP contribution in [0.4, 0.5) is 19.0 Å². The summed E-state index contributed by atoms with van der Waals surface area (Å²) in [5.74, 6) is 0.577. The molecule has 1 unspecified atom stereocenters. The highest BCUT2D eigenvalue weighted by Gasteiger charge is 2.32. The van der Waals surface area contributed by atoms with Crippen LogP contribution in [0.1, 0.15) is 18.1 Å². The number of aromatic amines is 2. The summed E-state index contributed by atoms with van der Waals surface area (Å²) in [6.45, 7) is 5.07. The molecule has 32 heavy (non-hydrogen) atoms. The smallest absolute Gasteiger partial charge is 0.360 e. The van der Waals surface area contributed by atoms with E-state index in [9.17, 15) is 13.2 Å². The van der Waals surface area contributed by atoms with Crippen LogP contribution in [0, 0.1) is 0 Å². The molecule has 9 heteroatoms. The zero-order valence-electron chi connectivity index (χ0n) is 17.5. The van der Waals surface area contributed by atoms with Gasteiger partial charge in [0, 0.05) is 66.6 Å². The number of fused-ring (bicyclic) bond motifs is 1. The van der Waals surface area contributed by atoms with Crippen molar-refractivity contribution in [2.75, 3.05) is 24.5 Å². The Balaban J connectivity index is 1.29. The number of hydrogen-bond donors (Lipinski definition) is 2. The van der Waals surface area contributed by atoms with Crippen LogP contribution in [0.5, 0.6) is 0 Å². The molecule has 5 rings (SSSR count). The number of aromatic nitrogens is 4. The largest absolute Gasteiger partial charge is 0.417 e. The van der Waals surface area contributed by atoms with Crippen molar-refractivity contribution in [1.29, 1.82) is 0 Å². The van der Waals surface area contributed by atoms with Gasteiger partial charge in [0.2, 0.25) is 0 Å². The second-order valence-electron chi connectivity index (χ2n) is 8.20. The van der Waals surface area contributed by atoms with Gasteiger partial charge in [-0.2, -0.15) is 18.3 Å². The number of piperazine rings is 1. The molecule has 4 aromatic rings. The van der Waals surface area contributed by atoms with Gasteiger partial charge in [0.15, 0.2) is 0 Å². The van der Waals surface area contributed by atoms with Crippen molar-refractivity contribution in [3.05, 3.63) is 66.1 Å². The average molecular weight is 440 g/mol. The van der Waals surface area contributed by atoms with E-state index < -0.39 is 11.7 Å². The highest BCUT2D eigenvalue weighted by Crippen LogP contribution is 2.32. The van der Waals surface area contributed by atoms with E-state index in [2.05, 4.69) is 43.0 Å². The van der Waals surface area contributed by atoms with Crippen molar-refractivity contribution in [2.24, 2.45) is 0 Å². The zero-order chi connectivity index (χ0) is 22.3. The van der Waals surface area contributed by atoms with Gasteiger partial charge in [0.1, 0.15) is 5.82 Å². The van der Waals surface area contributed by atoms with Gasteiger partial charge < -0.3 is 9.88 Å². The van der Waals surface area contributed by atoms with Crippen molar-refractivity contribution in [2.45, 2.75) is 25.7 Å². The fourth-order valence-electron chi connectivity index (χ4n) is 4.42. The van der Waals surface area contributed by atoms with E-state index in [1.807, 2.05) is 30.6 Å². The predicted octanol–water partition coefficient (Wildman–Crippen LogP) is 4.68. The molecule has 3 aromatic heterocycles. The van der Waals surface area contributed by atoms with Crippen molar-refractivity contribution in [3.63, 3.8) is 0 Å². The molecule has 0 bridgehead atoms. The maximum absolute atomic E-state index is 12.8. The Hall–Kier alpha value is -3.33. The number of benzene rings is 1. The number of nitrogens with one attached hydrogen (secondary N) is 2. The van der Waals surface area contributed by atoms with Gasteiger partial charge in [-0.3, -0.25) is 10.00 Å². The second kappa shape index (κ2) is 7.98. The molecule has 0 amide bonds. The van der Waals surface area contributed by atoms with E-state index in [-0.39, 0.29) is 6.04 Å². The number of H-pyrrole nitrogens is 2.